The molecular weight excluding hydrogens is 228 g/mol. The van der Waals surface area contributed by atoms with Crippen molar-refractivity contribution in [2.75, 3.05) is 20.1 Å². The summed E-state index contributed by atoms with van der Waals surface area (Å²) in [5.74, 6) is -0.138. The van der Waals surface area contributed by atoms with Gasteiger partial charge >= 0.3 is 5.97 Å². The first-order valence-electron chi connectivity index (χ1n) is 6.90. The van der Waals surface area contributed by atoms with E-state index in [1.165, 1.54) is 0 Å². The molecule has 0 bridgehead atoms. The Kier molecular flexibility index (Phi) is 5.60. The van der Waals surface area contributed by atoms with Crippen LogP contribution in [-0.4, -0.2) is 43.2 Å². The molecule has 0 radical (unpaired) electrons. The molecule has 1 atom stereocenters. The molecule has 1 saturated heterocycles. The molecule has 2 N–H and O–H groups in total. The van der Waals surface area contributed by atoms with Gasteiger partial charge in [0.15, 0.2) is 0 Å². The fraction of sp³-hybridized carbons (Fsp3) is 0.929. The van der Waals surface area contributed by atoms with Crippen molar-refractivity contribution in [3.05, 3.63) is 0 Å². The van der Waals surface area contributed by atoms with Crippen molar-refractivity contribution >= 4 is 5.97 Å². The van der Waals surface area contributed by atoms with Crippen LogP contribution in [0.4, 0.5) is 0 Å². The van der Waals surface area contributed by atoms with E-state index >= 15 is 0 Å². The molecule has 1 fully saturated rings. The molecule has 0 spiro atoms. The number of nitrogens with two attached hydrogens (primary N) is 1. The van der Waals surface area contributed by atoms with Crippen LogP contribution in [-0.2, 0) is 9.53 Å². The Hall–Kier alpha value is -0.610. The molecule has 1 heterocycles. The zero-order chi connectivity index (χ0) is 13.8. The minimum atomic E-state index is -0.138. The maximum Gasteiger partial charge on any atom is 0.307 e. The van der Waals surface area contributed by atoms with E-state index in [0.29, 0.717) is 6.42 Å². The highest BCUT2D eigenvalue weighted by molar-refractivity contribution is 5.70. The van der Waals surface area contributed by atoms with Crippen molar-refractivity contribution in [2.24, 2.45) is 11.1 Å². The van der Waals surface area contributed by atoms with Gasteiger partial charge < -0.3 is 15.4 Å². The van der Waals surface area contributed by atoms with E-state index in [2.05, 4.69) is 32.7 Å². The van der Waals surface area contributed by atoms with Crippen LogP contribution in [0.3, 0.4) is 0 Å². The normalized spacial score (nSPS) is 20.7. The lowest BCUT2D eigenvalue weighted by Crippen LogP contribution is -2.36. The van der Waals surface area contributed by atoms with Crippen LogP contribution in [0.2, 0.25) is 0 Å². The molecule has 0 aliphatic carbocycles. The van der Waals surface area contributed by atoms with Crippen molar-refractivity contribution in [1.82, 2.24) is 4.90 Å². The number of esters is 1. The molecule has 0 saturated carbocycles. The van der Waals surface area contributed by atoms with Gasteiger partial charge in [0.25, 0.3) is 0 Å². The van der Waals surface area contributed by atoms with Crippen LogP contribution in [0.5, 0.6) is 0 Å². The summed E-state index contributed by atoms with van der Waals surface area (Å²) in [5, 5.41) is 0. The third-order valence-corrected chi connectivity index (χ3v) is 3.27. The van der Waals surface area contributed by atoms with E-state index in [1.807, 2.05) is 0 Å². The smallest absolute Gasteiger partial charge is 0.307 e. The van der Waals surface area contributed by atoms with E-state index in [4.69, 9.17) is 10.5 Å². The number of hydrogen-bond acceptors (Lipinski definition) is 4. The molecule has 1 aliphatic rings. The number of nitrogens with zero attached hydrogens (tertiary/aromatic N) is 1. The third-order valence-electron chi connectivity index (χ3n) is 3.27. The first kappa shape index (κ1) is 15.4. The van der Waals surface area contributed by atoms with Gasteiger partial charge in [0.1, 0.15) is 6.10 Å². The largest absolute Gasteiger partial charge is 0.462 e. The molecule has 18 heavy (non-hydrogen) atoms. The lowest BCUT2D eigenvalue weighted by Gasteiger charge is -2.29. The molecule has 0 aromatic carbocycles. The molecule has 4 nitrogen and oxygen atoms in total. The van der Waals surface area contributed by atoms with Crippen LogP contribution in [0.25, 0.3) is 0 Å². The minimum Gasteiger partial charge on any atom is -0.462 e. The third kappa shape index (κ3) is 6.36. The van der Waals surface area contributed by atoms with Gasteiger partial charge in [-0.3, -0.25) is 4.79 Å². The van der Waals surface area contributed by atoms with Crippen molar-refractivity contribution in [2.45, 2.75) is 58.6 Å². The van der Waals surface area contributed by atoms with E-state index < -0.39 is 0 Å². The minimum absolute atomic E-state index is 0.0931. The number of piperidine rings is 1. The van der Waals surface area contributed by atoms with Crippen LogP contribution in [0.15, 0.2) is 0 Å². The summed E-state index contributed by atoms with van der Waals surface area (Å²) in [5.41, 5.74) is 6.14. The Morgan fingerprint density at radius 3 is 2.44 bits per heavy atom. The summed E-state index contributed by atoms with van der Waals surface area (Å²) < 4.78 is 5.48. The van der Waals surface area contributed by atoms with E-state index in [1.54, 1.807) is 0 Å². The van der Waals surface area contributed by atoms with Gasteiger partial charge in [-0.15, -0.1) is 0 Å². The maximum absolute atomic E-state index is 11.8. The van der Waals surface area contributed by atoms with Gasteiger partial charge in [-0.2, -0.15) is 0 Å². The number of hydrogen-bond donors (Lipinski definition) is 1. The van der Waals surface area contributed by atoms with E-state index in [9.17, 15) is 4.79 Å². The quantitative estimate of drug-likeness (QED) is 0.779. The predicted octanol–water partition coefficient (Wildman–Crippen LogP) is 1.78. The molecular formula is C14H28N2O2. The number of carbonyl (C=O) groups is 1. The van der Waals surface area contributed by atoms with E-state index in [-0.39, 0.29) is 23.5 Å². The number of likely N-dealkylation sites (tertiary alicyclic amines) is 1. The van der Waals surface area contributed by atoms with Crippen LogP contribution >= 0.6 is 0 Å². The Morgan fingerprint density at radius 1 is 1.39 bits per heavy atom. The average Bonchev–Trinajstić information content (AvgIpc) is 2.18. The van der Waals surface area contributed by atoms with Crippen molar-refractivity contribution in [3.8, 4) is 0 Å². The standard InChI is InChI=1S/C14H28N2O2/c1-14(2,3)10-11(15)9-13(17)18-12-5-7-16(4)8-6-12/h11-12H,5-10,15H2,1-4H3. The zero-order valence-corrected chi connectivity index (χ0v) is 12.2. The lowest BCUT2D eigenvalue weighted by atomic mass is 9.87. The Labute approximate surface area is 111 Å². The molecule has 4 heteroatoms. The highest BCUT2D eigenvalue weighted by atomic mass is 16.5. The summed E-state index contributed by atoms with van der Waals surface area (Å²) in [4.78, 5) is 14.0. The van der Waals surface area contributed by atoms with Crippen LogP contribution < -0.4 is 5.73 Å². The van der Waals surface area contributed by atoms with Crippen molar-refractivity contribution < 1.29 is 9.53 Å². The molecule has 106 valence electrons. The lowest BCUT2D eigenvalue weighted by molar-refractivity contribution is -0.151. The summed E-state index contributed by atoms with van der Waals surface area (Å²) >= 11 is 0. The molecule has 1 unspecified atom stereocenters. The first-order valence-corrected chi connectivity index (χ1v) is 6.90. The predicted molar refractivity (Wildman–Crippen MR) is 73.3 cm³/mol. The second-order valence-corrected chi connectivity index (χ2v) is 6.72. The van der Waals surface area contributed by atoms with E-state index in [0.717, 1.165) is 32.4 Å². The second-order valence-electron chi connectivity index (χ2n) is 6.72. The van der Waals surface area contributed by atoms with Crippen molar-refractivity contribution in [3.63, 3.8) is 0 Å². The molecule has 0 aromatic heterocycles. The zero-order valence-electron chi connectivity index (χ0n) is 12.2. The summed E-state index contributed by atoms with van der Waals surface area (Å²) in [6.07, 6.45) is 3.16. The SMILES string of the molecule is CN1CCC(OC(=O)CC(N)CC(C)(C)C)CC1. The summed E-state index contributed by atoms with van der Waals surface area (Å²) in [7, 11) is 2.09. The van der Waals surface area contributed by atoms with Gasteiger partial charge in [-0.25, -0.2) is 0 Å². The fourth-order valence-corrected chi connectivity index (χ4v) is 2.41. The number of rotatable bonds is 4. The average molecular weight is 256 g/mol. The molecule has 1 aliphatic heterocycles. The number of carbonyl (C=O) groups excluding carboxylic acids is 1. The Bertz CT molecular complexity index is 265. The first-order chi connectivity index (χ1) is 8.26. The molecule has 0 amide bonds. The fourth-order valence-electron chi connectivity index (χ4n) is 2.41. The summed E-state index contributed by atoms with van der Waals surface area (Å²) in [6.45, 7) is 8.41. The molecule has 1 rings (SSSR count). The van der Waals surface area contributed by atoms with Gasteiger partial charge in [-0.1, -0.05) is 20.8 Å². The van der Waals surface area contributed by atoms with Crippen LogP contribution in [0, 0.1) is 5.41 Å². The maximum atomic E-state index is 11.8. The monoisotopic (exact) mass is 256 g/mol. The highest BCUT2D eigenvalue weighted by Crippen LogP contribution is 2.21. The molecule has 0 aromatic rings. The van der Waals surface area contributed by atoms with Gasteiger partial charge in [0.2, 0.25) is 0 Å². The van der Waals surface area contributed by atoms with Crippen LogP contribution in [0.1, 0.15) is 46.5 Å². The number of ether oxygens (including phenoxy) is 1. The Morgan fingerprint density at radius 2 is 1.94 bits per heavy atom. The van der Waals surface area contributed by atoms with Gasteiger partial charge in [-0.05, 0) is 31.7 Å². The topological polar surface area (TPSA) is 55.6 Å². The van der Waals surface area contributed by atoms with Gasteiger partial charge in [0, 0.05) is 19.1 Å². The van der Waals surface area contributed by atoms with Crippen molar-refractivity contribution in [1.29, 1.82) is 0 Å². The second kappa shape index (κ2) is 6.53. The van der Waals surface area contributed by atoms with Gasteiger partial charge in [0.05, 0.1) is 6.42 Å². The Balaban J connectivity index is 2.25. The highest BCUT2D eigenvalue weighted by Gasteiger charge is 2.23. The summed E-state index contributed by atoms with van der Waals surface area (Å²) in [6, 6.07) is -0.0937.